The van der Waals surface area contributed by atoms with E-state index in [2.05, 4.69) is 10.6 Å². The molecular weight excluding hydrogens is 330 g/mol. The number of anilines is 3. The number of benzene rings is 2. The molecule has 0 atom stereocenters. The highest BCUT2D eigenvalue weighted by Gasteiger charge is 2.19. The van der Waals surface area contributed by atoms with Crippen molar-refractivity contribution in [1.29, 1.82) is 0 Å². The molecule has 0 radical (unpaired) electrons. The van der Waals surface area contributed by atoms with Crippen molar-refractivity contribution in [3.05, 3.63) is 48.5 Å². The lowest BCUT2D eigenvalue weighted by Crippen LogP contribution is -2.35. The lowest BCUT2D eigenvalue weighted by Gasteiger charge is -2.26. The zero-order chi connectivity index (χ0) is 18.4. The average Bonchev–Trinajstić information content (AvgIpc) is 2.65. The van der Waals surface area contributed by atoms with E-state index < -0.39 is 0 Å². The van der Waals surface area contributed by atoms with Crippen LogP contribution in [0.5, 0.6) is 5.75 Å². The second-order valence-corrected chi connectivity index (χ2v) is 6.06. The van der Waals surface area contributed by atoms with Gasteiger partial charge in [0.05, 0.1) is 12.3 Å². The summed E-state index contributed by atoms with van der Waals surface area (Å²) in [5.74, 6) is 0.784. The third-order valence-corrected chi connectivity index (χ3v) is 4.20. The summed E-state index contributed by atoms with van der Waals surface area (Å²) in [6, 6.07) is 14.2. The molecule has 3 rings (SSSR count). The number of amides is 3. The Labute approximate surface area is 153 Å². The molecule has 0 bridgehead atoms. The molecule has 0 spiro atoms. The summed E-state index contributed by atoms with van der Waals surface area (Å²) in [7, 11) is 0. The number of carbonyl (C=O) groups excluding carboxylic acids is 2. The molecule has 0 aromatic heterocycles. The number of para-hydroxylation sites is 2. The Morgan fingerprint density at radius 2 is 1.85 bits per heavy atom. The Morgan fingerprint density at radius 1 is 1.08 bits per heavy atom. The molecule has 0 saturated carbocycles. The maximum atomic E-state index is 12.2. The van der Waals surface area contributed by atoms with Gasteiger partial charge in [-0.05, 0) is 56.2 Å². The van der Waals surface area contributed by atoms with E-state index in [4.69, 9.17) is 4.74 Å². The van der Waals surface area contributed by atoms with E-state index in [1.54, 1.807) is 23.1 Å². The van der Waals surface area contributed by atoms with Crippen molar-refractivity contribution in [3.63, 3.8) is 0 Å². The third kappa shape index (κ3) is 4.33. The predicted octanol–water partition coefficient (Wildman–Crippen LogP) is 4.25. The van der Waals surface area contributed by atoms with Gasteiger partial charge in [-0.2, -0.15) is 0 Å². The third-order valence-electron chi connectivity index (χ3n) is 4.20. The quantitative estimate of drug-likeness (QED) is 0.844. The van der Waals surface area contributed by atoms with Crippen LogP contribution in [-0.4, -0.2) is 25.1 Å². The van der Waals surface area contributed by atoms with E-state index >= 15 is 0 Å². The standard InChI is InChI=1S/C20H23N3O3/c1-2-26-18-8-4-3-7-17(18)22-20(25)21-15-10-12-16(13-11-15)23-14-6-5-9-19(23)24/h3-4,7-8,10-13H,2,5-6,9,14H2,1H3,(H2,21,22,25). The Hall–Kier alpha value is -3.02. The van der Waals surface area contributed by atoms with Gasteiger partial charge in [0, 0.05) is 24.3 Å². The fourth-order valence-corrected chi connectivity index (χ4v) is 2.94. The molecule has 1 fully saturated rings. The first-order chi connectivity index (χ1) is 12.7. The van der Waals surface area contributed by atoms with Gasteiger partial charge in [0.2, 0.25) is 5.91 Å². The number of urea groups is 1. The highest BCUT2D eigenvalue weighted by molar-refractivity contribution is 6.01. The van der Waals surface area contributed by atoms with E-state index in [0.717, 1.165) is 25.1 Å². The minimum atomic E-state index is -0.348. The largest absolute Gasteiger partial charge is 0.492 e. The van der Waals surface area contributed by atoms with Crippen LogP contribution in [-0.2, 0) is 4.79 Å². The highest BCUT2D eigenvalue weighted by Crippen LogP contribution is 2.25. The molecule has 2 N–H and O–H groups in total. The topological polar surface area (TPSA) is 70.7 Å². The van der Waals surface area contributed by atoms with Gasteiger partial charge in [0.1, 0.15) is 5.75 Å². The number of ether oxygens (including phenoxy) is 1. The van der Waals surface area contributed by atoms with Gasteiger partial charge in [0.25, 0.3) is 0 Å². The van der Waals surface area contributed by atoms with Crippen LogP contribution in [0.25, 0.3) is 0 Å². The Balaban J connectivity index is 1.62. The van der Waals surface area contributed by atoms with Crippen molar-refractivity contribution in [2.75, 3.05) is 28.7 Å². The number of hydrogen-bond donors (Lipinski definition) is 2. The monoisotopic (exact) mass is 353 g/mol. The fraction of sp³-hybridized carbons (Fsp3) is 0.300. The SMILES string of the molecule is CCOc1ccccc1NC(=O)Nc1ccc(N2CCCCC2=O)cc1. The van der Waals surface area contributed by atoms with Gasteiger partial charge in [-0.1, -0.05) is 12.1 Å². The zero-order valence-corrected chi connectivity index (χ0v) is 14.8. The van der Waals surface area contributed by atoms with Gasteiger partial charge < -0.3 is 20.3 Å². The molecule has 136 valence electrons. The van der Waals surface area contributed by atoms with Crippen LogP contribution in [0.3, 0.4) is 0 Å². The number of hydrogen-bond acceptors (Lipinski definition) is 3. The molecule has 6 nitrogen and oxygen atoms in total. The number of nitrogens with one attached hydrogen (secondary N) is 2. The summed E-state index contributed by atoms with van der Waals surface area (Å²) < 4.78 is 5.50. The molecule has 0 unspecified atom stereocenters. The van der Waals surface area contributed by atoms with Crippen LogP contribution in [0, 0.1) is 0 Å². The lowest BCUT2D eigenvalue weighted by molar-refractivity contribution is -0.119. The molecule has 2 aromatic carbocycles. The highest BCUT2D eigenvalue weighted by atomic mass is 16.5. The normalized spacial score (nSPS) is 14.0. The molecular formula is C20H23N3O3. The zero-order valence-electron chi connectivity index (χ0n) is 14.8. The van der Waals surface area contributed by atoms with E-state index in [1.807, 2.05) is 37.3 Å². The molecule has 1 aliphatic heterocycles. The van der Waals surface area contributed by atoms with Crippen LogP contribution in [0.15, 0.2) is 48.5 Å². The van der Waals surface area contributed by atoms with Crippen LogP contribution < -0.4 is 20.3 Å². The summed E-state index contributed by atoms with van der Waals surface area (Å²) in [6.45, 7) is 3.17. The molecule has 2 aromatic rings. The van der Waals surface area contributed by atoms with Crippen LogP contribution in [0.1, 0.15) is 26.2 Å². The molecule has 1 heterocycles. The van der Waals surface area contributed by atoms with E-state index in [9.17, 15) is 9.59 Å². The van der Waals surface area contributed by atoms with Crippen LogP contribution in [0.4, 0.5) is 21.9 Å². The van der Waals surface area contributed by atoms with E-state index in [0.29, 0.717) is 30.2 Å². The summed E-state index contributed by atoms with van der Waals surface area (Å²) >= 11 is 0. The van der Waals surface area contributed by atoms with Crippen LogP contribution in [0.2, 0.25) is 0 Å². The molecule has 1 aliphatic rings. The maximum Gasteiger partial charge on any atom is 0.323 e. The second-order valence-electron chi connectivity index (χ2n) is 6.06. The number of nitrogens with zero attached hydrogens (tertiary/aromatic N) is 1. The van der Waals surface area contributed by atoms with E-state index in [-0.39, 0.29) is 11.9 Å². The summed E-state index contributed by atoms with van der Waals surface area (Å²) in [5.41, 5.74) is 2.13. The predicted molar refractivity (Wildman–Crippen MR) is 103 cm³/mol. The lowest BCUT2D eigenvalue weighted by atomic mass is 10.1. The minimum Gasteiger partial charge on any atom is -0.492 e. The van der Waals surface area contributed by atoms with Crippen molar-refractivity contribution in [3.8, 4) is 5.75 Å². The van der Waals surface area contributed by atoms with Gasteiger partial charge in [-0.3, -0.25) is 4.79 Å². The minimum absolute atomic E-state index is 0.155. The first kappa shape index (κ1) is 17.8. The van der Waals surface area contributed by atoms with Crippen molar-refractivity contribution < 1.29 is 14.3 Å². The van der Waals surface area contributed by atoms with Crippen LogP contribution >= 0.6 is 0 Å². The van der Waals surface area contributed by atoms with Crippen molar-refractivity contribution in [1.82, 2.24) is 0 Å². The number of piperidine rings is 1. The summed E-state index contributed by atoms with van der Waals surface area (Å²) in [5, 5.41) is 5.58. The first-order valence-electron chi connectivity index (χ1n) is 8.87. The van der Waals surface area contributed by atoms with Crippen molar-refractivity contribution >= 4 is 29.0 Å². The summed E-state index contributed by atoms with van der Waals surface area (Å²) in [6.07, 6.45) is 2.58. The molecule has 0 aliphatic carbocycles. The van der Waals surface area contributed by atoms with Gasteiger partial charge in [-0.15, -0.1) is 0 Å². The Morgan fingerprint density at radius 3 is 2.58 bits per heavy atom. The van der Waals surface area contributed by atoms with Gasteiger partial charge in [-0.25, -0.2) is 4.79 Å². The number of carbonyl (C=O) groups is 2. The van der Waals surface area contributed by atoms with Crippen molar-refractivity contribution in [2.45, 2.75) is 26.2 Å². The van der Waals surface area contributed by atoms with Gasteiger partial charge in [0.15, 0.2) is 0 Å². The molecule has 1 saturated heterocycles. The number of rotatable bonds is 5. The molecule has 6 heteroatoms. The van der Waals surface area contributed by atoms with Gasteiger partial charge >= 0.3 is 6.03 Å². The fourth-order valence-electron chi connectivity index (χ4n) is 2.94. The smallest absolute Gasteiger partial charge is 0.323 e. The summed E-state index contributed by atoms with van der Waals surface area (Å²) in [4.78, 5) is 26.0. The average molecular weight is 353 g/mol. The Bertz CT molecular complexity index is 774. The molecule has 26 heavy (non-hydrogen) atoms. The van der Waals surface area contributed by atoms with Crippen molar-refractivity contribution in [2.24, 2.45) is 0 Å². The first-order valence-corrected chi connectivity index (χ1v) is 8.87. The Kier molecular flexibility index (Phi) is 5.73. The maximum absolute atomic E-state index is 12.2. The second kappa shape index (κ2) is 8.38. The molecule has 3 amide bonds. The van der Waals surface area contributed by atoms with E-state index in [1.165, 1.54) is 0 Å².